The molecule has 26 heavy (non-hydrogen) atoms. The molecule has 0 radical (unpaired) electrons. The third-order valence-electron chi connectivity index (χ3n) is 4.16. The Bertz CT molecular complexity index is 954. The minimum atomic E-state index is -0.392. The predicted molar refractivity (Wildman–Crippen MR) is 104 cm³/mol. The highest BCUT2D eigenvalue weighted by atomic mass is 16.2. The molecule has 2 N–H and O–H groups in total. The maximum absolute atomic E-state index is 12.0. The van der Waals surface area contributed by atoms with E-state index in [1.54, 1.807) is 18.2 Å². The van der Waals surface area contributed by atoms with Gasteiger partial charge >= 0.3 is 0 Å². The Morgan fingerprint density at radius 2 is 1.62 bits per heavy atom. The van der Waals surface area contributed by atoms with Crippen molar-refractivity contribution in [2.24, 2.45) is 0 Å². The van der Waals surface area contributed by atoms with Crippen LogP contribution in [0.5, 0.6) is 0 Å². The van der Waals surface area contributed by atoms with Gasteiger partial charge in [0.15, 0.2) is 0 Å². The van der Waals surface area contributed by atoms with Gasteiger partial charge in [-0.15, -0.1) is 0 Å². The fourth-order valence-electron chi connectivity index (χ4n) is 2.69. The molecule has 3 aromatic rings. The van der Waals surface area contributed by atoms with E-state index < -0.39 is 5.91 Å². The second kappa shape index (κ2) is 8.12. The van der Waals surface area contributed by atoms with Crippen LogP contribution >= 0.6 is 0 Å². The Morgan fingerprint density at radius 1 is 0.885 bits per heavy atom. The van der Waals surface area contributed by atoms with Crippen LogP contribution in [-0.2, 0) is 11.2 Å². The summed E-state index contributed by atoms with van der Waals surface area (Å²) < 4.78 is 0. The van der Waals surface area contributed by atoms with Crippen molar-refractivity contribution in [1.82, 2.24) is 10.9 Å². The quantitative estimate of drug-likeness (QED) is 0.557. The second-order valence-electron chi connectivity index (χ2n) is 5.90. The molecule has 2 amide bonds. The fraction of sp³-hybridized carbons (Fsp3) is 0.0909. The molecular formula is C22H20N2O2. The van der Waals surface area contributed by atoms with Crippen molar-refractivity contribution in [2.75, 3.05) is 0 Å². The molecule has 0 aromatic heterocycles. The molecule has 0 aliphatic rings. The molecule has 0 unspecified atom stereocenters. The molecule has 0 saturated heterocycles. The highest BCUT2D eigenvalue weighted by molar-refractivity contribution is 5.99. The summed E-state index contributed by atoms with van der Waals surface area (Å²) in [6, 6.07) is 21.2. The van der Waals surface area contributed by atoms with E-state index >= 15 is 0 Å². The van der Waals surface area contributed by atoms with Gasteiger partial charge in [0.1, 0.15) is 0 Å². The Hall–Kier alpha value is -3.40. The summed E-state index contributed by atoms with van der Waals surface area (Å²) >= 11 is 0. The molecular weight excluding hydrogens is 324 g/mol. The van der Waals surface area contributed by atoms with Crippen LogP contribution in [0.25, 0.3) is 16.8 Å². The zero-order valence-corrected chi connectivity index (χ0v) is 14.5. The molecule has 0 spiro atoms. The SMILES string of the molecule is CCc1ccc(C(=O)NNC(=O)/C=C/c2cccc3ccccc23)cc1. The predicted octanol–water partition coefficient (Wildman–Crippen LogP) is 3.88. The van der Waals surface area contributed by atoms with Crippen molar-refractivity contribution in [3.8, 4) is 0 Å². The first-order chi connectivity index (χ1) is 12.7. The van der Waals surface area contributed by atoms with E-state index in [0.29, 0.717) is 5.56 Å². The number of fused-ring (bicyclic) bond motifs is 1. The van der Waals surface area contributed by atoms with E-state index in [2.05, 4.69) is 17.8 Å². The molecule has 0 aliphatic carbocycles. The van der Waals surface area contributed by atoms with Crippen LogP contribution in [-0.4, -0.2) is 11.8 Å². The maximum Gasteiger partial charge on any atom is 0.269 e. The first kappa shape index (κ1) is 17.4. The van der Waals surface area contributed by atoms with E-state index in [-0.39, 0.29) is 5.91 Å². The molecule has 0 saturated carbocycles. The Balaban J connectivity index is 1.61. The number of amides is 2. The van der Waals surface area contributed by atoms with E-state index in [9.17, 15) is 9.59 Å². The standard InChI is InChI=1S/C22H20N2O2/c1-2-16-10-12-19(13-11-16)22(26)24-23-21(25)15-14-18-8-5-7-17-6-3-4-9-20(17)18/h3-15H,2H2,1H3,(H,23,25)(H,24,26)/b15-14+. The van der Waals surface area contributed by atoms with Crippen molar-refractivity contribution in [3.05, 3.63) is 89.5 Å². The lowest BCUT2D eigenvalue weighted by atomic mass is 10.0. The van der Waals surface area contributed by atoms with Crippen molar-refractivity contribution in [2.45, 2.75) is 13.3 Å². The summed E-state index contributed by atoms with van der Waals surface area (Å²) in [6.07, 6.45) is 4.06. The molecule has 130 valence electrons. The number of nitrogens with one attached hydrogen (secondary N) is 2. The molecule has 0 aliphatic heterocycles. The highest BCUT2D eigenvalue weighted by Gasteiger charge is 2.06. The monoisotopic (exact) mass is 344 g/mol. The number of aryl methyl sites for hydroxylation is 1. The van der Waals surface area contributed by atoms with Crippen molar-refractivity contribution in [1.29, 1.82) is 0 Å². The average Bonchev–Trinajstić information content (AvgIpc) is 2.70. The minimum absolute atomic E-state index is 0.348. The van der Waals surface area contributed by atoms with Crippen LogP contribution in [0.1, 0.15) is 28.4 Å². The zero-order valence-electron chi connectivity index (χ0n) is 14.5. The Morgan fingerprint density at radius 3 is 2.38 bits per heavy atom. The first-order valence-corrected chi connectivity index (χ1v) is 8.52. The van der Waals surface area contributed by atoms with Gasteiger partial charge in [0.05, 0.1) is 0 Å². The topological polar surface area (TPSA) is 58.2 Å². The van der Waals surface area contributed by atoms with Crippen LogP contribution in [0.2, 0.25) is 0 Å². The number of hydrazine groups is 1. The van der Waals surface area contributed by atoms with Gasteiger partial charge in [0.2, 0.25) is 0 Å². The summed E-state index contributed by atoms with van der Waals surface area (Å²) in [4.78, 5) is 24.0. The number of carbonyl (C=O) groups excluding carboxylic acids is 2. The normalized spacial score (nSPS) is 10.8. The molecule has 4 heteroatoms. The summed E-state index contributed by atoms with van der Waals surface area (Å²) in [6.45, 7) is 2.05. The van der Waals surface area contributed by atoms with Gasteiger partial charge in [-0.25, -0.2) is 0 Å². The molecule has 3 aromatic carbocycles. The maximum atomic E-state index is 12.0. The molecule has 3 rings (SSSR count). The van der Waals surface area contributed by atoms with Gasteiger partial charge in [-0.1, -0.05) is 61.5 Å². The Labute approximate surface area is 152 Å². The van der Waals surface area contributed by atoms with Crippen LogP contribution in [0.3, 0.4) is 0 Å². The number of carbonyl (C=O) groups is 2. The van der Waals surface area contributed by atoms with Gasteiger partial charge in [0.25, 0.3) is 11.8 Å². The molecule has 0 fully saturated rings. The average molecular weight is 344 g/mol. The summed E-state index contributed by atoms with van der Waals surface area (Å²) in [5, 5.41) is 2.18. The first-order valence-electron chi connectivity index (χ1n) is 8.52. The van der Waals surface area contributed by atoms with E-state index in [1.807, 2.05) is 54.6 Å². The molecule has 0 bridgehead atoms. The van der Waals surface area contributed by atoms with E-state index in [1.165, 1.54) is 6.08 Å². The number of hydrogen-bond donors (Lipinski definition) is 2. The lowest BCUT2D eigenvalue weighted by Crippen LogP contribution is -2.40. The third kappa shape index (κ3) is 4.16. The van der Waals surface area contributed by atoms with Gasteiger partial charge in [-0.05, 0) is 46.5 Å². The van der Waals surface area contributed by atoms with E-state index in [0.717, 1.165) is 28.3 Å². The number of rotatable bonds is 4. The lowest BCUT2D eigenvalue weighted by Gasteiger charge is -2.06. The van der Waals surface area contributed by atoms with Crippen LogP contribution in [0, 0.1) is 0 Å². The van der Waals surface area contributed by atoms with E-state index in [4.69, 9.17) is 0 Å². The summed E-state index contributed by atoms with van der Waals surface area (Å²) in [5.74, 6) is -0.740. The third-order valence-corrected chi connectivity index (χ3v) is 4.16. The smallest absolute Gasteiger partial charge is 0.268 e. The lowest BCUT2D eigenvalue weighted by molar-refractivity contribution is -0.117. The Kier molecular flexibility index (Phi) is 5.44. The molecule has 4 nitrogen and oxygen atoms in total. The number of benzene rings is 3. The number of hydrogen-bond acceptors (Lipinski definition) is 2. The van der Waals surface area contributed by atoms with Gasteiger partial charge in [-0.3, -0.25) is 20.4 Å². The fourth-order valence-corrected chi connectivity index (χ4v) is 2.69. The summed E-state index contributed by atoms with van der Waals surface area (Å²) in [7, 11) is 0. The van der Waals surface area contributed by atoms with Gasteiger partial charge < -0.3 is 0 Å². The van der Waals surface area contributed by atoms with Crippen molar-refractivity contribution < 1.29 is 9.59 Å². The highest BCUT2D eigenvalue weighted by Crippen LogP contribution is 2.19. The van der Waals surface area contributed by atoms with Gasteiger partial charge in [0, 0.05) is 11.6 Å². The zero-order chi connectivity index (χ0) is 18.4. The van der Waals surface area contributed by atoms with Crippen LogP contribution in [0.4, 0.5) is 0 Å². The van der Waals surface area contributed by atoms with Gasteiger partial charge in [-0.2, -0.15) is 0 Å². The molecule has 0 heterocycles. The minimum Gasteiger partial charge on any atom is -0.268 e. The second-order valence-corrected chi connectivity index (χ2v) is 5.90. The molecule has 0 atom stereocenters. The van der Waals surface area contributed by atoms with Crippen LogP contribution < -0.4 is 10.9 Å². The van der Waals surface area contributed by atoms with Crippen molar-refractivity contribution >= 4 is 28.7 Å². The van der Waals surface area contributed by atoms with Crippen molar-refractivity contribution in [3.63, 3.8) is 0 Å². The summed E-state index contributed by atoms with van der Waals surface area (Å²) in [5.41, 5.74) is 7.42. The largest absolute Gasteiger partial charge is 0.269 e. The van der Waals surface area contributed by atoms with Crippen LogP contribution in [0.15, 0.2) is 72.8 Å².